The van der Waals surface area contributed by atoms with Gasteiger partial charge in [0.1, 0.15) is 5.75 Å². The second kappa shape index (κ2) is 3.13. The van der Waals surface area contributed by atoms with Gasteiger partial charge in [-0.25, -0.2) is 0 Å². The minimum atomic E-state index is 0.133. The summed E-state index contributed by atoms with van der Waals surface area (Å²) in [5.41, 5.74) is 7.04. The van der Waals surface area contributed by atoms with Crippen LogP contribution in [0, 0.1) is 0 Å². The summed E-state index contributed by atoms with van der Waals surface area (Å²) in [6.45, 7) is 2.04. The summed E-state index contributed by atoms with van der Waals surface area (Å²) in [7, 11) is 0. The Labute approximate surface area is 74.2 Å². The first-order valence-corrected chi connectivity index (χ1v) is 4.21. The average molecular weight is 216 g/mol. The largest absolute Gasteiger partial charge is 0.506 e. The molecule has 0 aliphatic carbocycles. The molecule has 0 fully saturated rings. The van der Waals surface area contributed by atoms with E-state index in [4.69, 9.17) is 10.8 Å². The first-order valence-electron chi connectivity index (χ1n) is 3.42. The van der Waals surface area contributed by atoms with E-state index < -0.39 is 0 Å². The van der Waals surface area contributed by atoms with Gasteiger partial charge in [-0.3, -0.25) is 0 Å². The molecule has 2 nitrogen and oxygen atoms in total. The number of nitrogen functional groups attached to an aromatic ring is 1. The van der Waals surface area contributed by atoms with E-state index >= 15 is 0 Å². The molecule has 3 N–H and O–H groups in total. The second-order valence-electron chi connectivity index (χ2n) is 2.36. The van der Waals surface area contributed by atoms with Crippen molar-refractivity contribution in [3.8, 4) is 5.75 Å². The second-order valence-corrected chi connectivity index (χ2v) is 3.21. The number of hydrogen-bond acceptors (Lipinski definition) is 2. The Hall–Kier alpha value is -0.700. The van der Waals surface area contributed by atoms with E-state index in [0.29, 0.717) is 5.69 Å². The number of aromatic hydroxyl groups is 1. The molecule has 1 aromatic rings. The molecule has 3 heteroatoms. The highest BCUT2D eigenvalue weighted by Gasteiger charge is 2.02. The lowest BCUT2D eigenvalue weighted by Crippen LogP contribution is -1.89. The summed E-state index contributed by atoms with van der Waals surface area (Å²) < 4.78 is 0.909. The van der Waals surface area contributed by atoms with Crippen LogP contribution in [0.15, 0.2) is 16.6 Å². The molecule has 60 valence electrons. The van der Waals surface area contributed by atoms with Crippen LogP contribution >= 0.6 is 15.9 Å². The van der Waals surface area contributed by atoms with Gasteiger partial charge >= 0.3 is 0 Å². The Bertz CT molecular complexity index is 273. The summed E-state index contributed by atoms with van der Waals surface area (Å²) in [6.07, 6.45) is 0.908. The van der Waals surface area contributed by atoms with Crippen molar-refractivity contribution in [1.82, 2.24) is 0 Å². The average Bonchev–Trinajstić information content (AvgIpc) is 1.97. The first-order chi connectivity index (χ1) is 5.15. The van der Waals surface area contributed by atoms with Gasteiger partial charge in [0.15, 0.2) is 0 Å². The third-order valence-corrected chi connectivity index (χ3v) is 2.31. The van der Waals surface area contributed by atoms with Gasteiger partial charge in [0.2, 0.25) is 0 Å². The summed E-state index contributed by atoms with van der Waals surface area (Å²) in [5, 5.41) is 9.17. The lowest BCUT2D eigenvalue weighted by atomic mass is 10.1. The predicted molar refractivity (Wildman–Crippen MR) is 49.6 cm³/mol. The quantitative estimate of drug-likeness (QED) is 0.558. The topological polar surface area (TPSA) is 46.2 Å². The third-order valence-electron chi connectivity index (χ3n) is 1.58. The van der Waals surface area contributed by atoms with Crippen molar-refractivity contribution >= 4 is 21.6 Å². The van der Waals surface area contributed by atoms with E-state index in [1.165, 1.54) is 0 Å². The van der Waals surface area contributed by atoms with Crippen molar-refractivity contribution in [1.29, 1.82) is 0 Å². The molecule has 11 heavy (non-hydrogen) atoms. The van der Waals surface area contributed by atoms with Crippen molar-refractivity contribution in [3.05, 3.63) is 22.2 Å². The number of phenolic OH excluding ortho intramolecular Hbond substituents is 1. The molecule has 0 unspecified atom stereocenters. The molecule has 0 bridgehead atoms. The maximum Gasteiger partial charge on any atom is 0.139 e. The van der Waals surface area contributed by atoms with Crippen LogP contribution in [0.4, 0.5) is 5.69 Å². The number of nitrogens with two attached hydrogens (primary N) is 1. The molecular formula is C8H10BrNO. The fourth-order valence-electron chi connectivity index (χ4n) is 0.898. The van der Waals surface area contributed by atoms with E-state index in [1.54, 1.807) is 12.1 Å². The van der Waals surface area contributed by atoms with Crippen molar-refractivity contribution in [3.63, 3.8) is 0 Å². The Balaban J connectivity index is 3.21. The Morgan fingerprint density at radius 2 is 2.18 bits per heavy atom. The predicted octanol–water partition coefficient (Wildman–Crippen LogP) is 2.30. The van der Waals surface area contributed by atoms with Crippen LogP contribution in [0.2, 0.25) is 0 Å². The standard InChI is InChI=1S/C8H10BrNO/c1-2-5-3-7(10)8(11)4-6(5)9/h3-4,11H,2,10H2,1H3. The summed E-state index contributed by atoms with van der Waals surface area (Å²) in [4.78, 5) is 0. The first kappa shape index (κ1) is 8.40. The number of rotatable bonds is 1. The number of anilines is 1. The van der Waals surface area contributed by atoms with Gasteiger partial charge in [-0.05, 0) is 24.1 Å². The molecule has 0 spiro atoms. The third kappa shape index (κ3) is 1.66. The number of phenols is 1. The molecule has 0 heterocycles. The highest BCUT2D eigenvalue weighted by molar-refractivity contribution is 9.10. The zero-order valence-electron chi connectivity index (χ0n) is 6.26. The zero-order chi connectivity index (χ0) is 8.43. The summed E-state index contributed by atoms with van der Waals surface area (Å²) >= 11 is 3.33. The van der Waals surface area contributed by atoms with E-state index in [-0.39, 0.29) is 5.75 Å². The summed E-state index contributed by atoms with van der Waals surface area (Å²) in [6, 6.07) is 3.40. The lowest BCUT2D eigenvalue weighted by Gasteiger charge is -2.04. The van der Waals surface area contributed by atoms with Crippen LogP contribution in [0.25, 0.3) is 0 Å². The van der Waals surface area contributed by atoms with Crippen LogP contribution in [0.1, 0.15) is 12.5 Å². The Kier molecular flexibility index (Phi) is 2.39. The van der Waals surface area contributed by atoms with E-state index in [0.717, 1.165) is 16.5 Å². The van der Waals surface area contributed by atoms with Crippen molar-refractivity contribution in [2.75, 3.05) is 5.73 Å². The molecule has 0 atom stereocenters. The highest BCUT2D eigenvalue weighted by atomic mass is 79.9. The fraction of sp³-hybridized carbons (Fsp3) is 0.250. The van der Waals surface area contributed by atoms with Crippen molar-refractivity contribution in [2.24, 2.45) is 0 Å². The zero-order valence-corrected chi connectivity index (χ0v) is 7.85. The maximum atomic E-state index is 9.17. The maximum absolute atomic E-state index is 9.17. The van der Waals surface area contributed by atoms with Crippen molar-refractivity contribution < 1.29 is 5.11 Å². The van der Waals surface area contributed by atoms with Crippen molar-refractivity contribution in [2.45, 2.75) is 13.3 Å². The molecule has 0 aliphatic rings. The highest BCUT2D eigenvalue weighted by Crippen LogP contribution is 2.28. The monoisotopic (exact) mass is 215 g/mol. The van der Waals surface area contributed by atoms with Gasteiger partial charge in [0.25, 0.3) is 0 Å². The number of halogens is 1. The molecular weight excluding hydrogens is 206 g/mol. The van der Waals surface area contributed by atoms with E-state index in [2.05, 4.69) is 15.9 Å². The lowest BCUT2D eigenvalue weighted by molar-refractivity contribution is 0.477. The molecule has 0 radical (unpaired) electrons. The minimum Gasteiger partial charge on any atom is -0.506 e. The molecule has 0 aliphatic heterocycles. The Morgan fingerprint density at radius 3 is 2.73 bits per heavy atom. The molecule has 1 aromatic carbocycles. The number of aryl methyl sites for hydroxylation is 1. The Morgan fingerprint density at radius 1 is 1.55 bits per heavy atom. The SMILES string of the molecule is CCc1cc(N)c(O)cc1Br. The minimum absolute atomic E-state index is 0.133. The van der Waals surface area contributed by atoms with E-state index in [1.807, 2.05) is 6.92 Å². The molecule has 0 amide bonds. The normalized spacial score (nSPS) is 10.0. The van der Waals surface area contributed by atoms with Crippen LogP contribution in [0.5, 0.6) is 5.75 Å². The van der Waals surface area contributed by atoms with Crippen LogP contribution < -0.4 is 5.73 Å². The van der Waals surface area contributed by atoms with Crippen LogP contribution in [0.3, 0.4) is 0 Å². The number of benzene rings is 1. The van der Waals surface area contributed by atoms with Crippen LogP contribution in [-0.2, 0) is 6.42 Å². The van der Waals surface area contributed by atoms with E-state index in [9.17, 15) is 0 Å². The fourth-order valence-corrected chi connectivity index (χ4v) is 1.51. The molecule has 0 aromatic heterocycles. The molecule has 0 saturated heterocycles. The van der Waals surface area contributed by atoms with Gasteiger partial charge in [0, 0.05) is 4.47 Å². The smallest absolute Gasteiger partial charge is 0.139 e. The van der Waals surface area contributed by atoms with Crippen LogP contribution in [-0.4, -0.2) is 5.11 Å². The van der Waals surface area contributed by atoms with Gasteiger partial charge in [-0.1, -0.05) is 22.9 Å². The summed E-state index contributed by atoms with van der Waals surface area (Å²) in [5.74, 6) is 0.133. The molecule has 0 saturated carbocycles. The van der Waals surface area contributed by atoms with Gasteiger partial charge in [0.05, 0.1) is 5.69 Å². The van der Waals surface area contributed by atoms with Gasteiger partial charge in [-0.15, -0.1) is 0 Å². The van der Waals surface area contributed by atoms with Gasteiger partial charge in [-0.2, -0.15) is 0 Å². The van der Waals surface area contributed by atoms with Gasteiger partial charge < -0.3 is 10.8 Å². The molecule has 1 rings (SSSR count). The number of hydrogen-bond donors (Lipinski definition) is 2.